The zero-order valence-electron chi connectivity index (χ0n) is 15.0. The summed E-state index contributed by atoms with van der Waals surface area (Å²) in [6.07, 6.45) is 6.13. The summed E-state index contributed by atoms with van der Waals surface area (Å²) < 4.78 is 5.54. The summed E-state index contributed by atoms with van der Waals surface area (Å²) in [7, 11) is 0. The molecule has 1 amide bonds. The van der Waals surface area contributed by atoms with Gasteiger partial charge in [0.2, 0.25) is 0 Å². The van der Waals surface area contributed by atoms with Gasteiger partial charge < -0.3 is 14.7 Å². The highest BCUT2D eigenvalue weighted by molar-refractivity contribution is 5.69. The minimum Gasteiger partial charge on any atom is -0.445 e. The Morgan fingerprint density at radius 2 is 1.92 bits per heavy atom. The highest BCUT2D eigenvalue weighted by atomic mass is 16.6. The van der Waals surface area contributed by atoms with Crippen LogP contribution in [0.2, 0.25) is 0 Å². The SMILES string of the molecule is Cc1ccncc1C1(O)CC2CCC(C1)N2C(=O)OCc1ccccc1. The Hall–Kier alpha value is -2.40. The molecule has 5 heteroatoms. The molecule has 0 spiro atoms. The summed E-state index contributed by atoms with van der Waals surface area (Å²) >= 11 is 0. The molecule has 2 unspecified atom stereocenters. The van der Waals surface area contributed by atoms with Crippen LogP contribution >= 0.6 is 0 Å². The van der Waals surface area contributed by atoms with E-state index in [0.29, 0.717) is 12.8 Å². The maximum Gasteiger partial charge on any atom is 0.410 e. The van der Waals surface area contributed by atoms with Crippen LogP contribution < -0.4 is 0 Å². The van der Waals surface area contributed by atoms with E-state index in [1.54, 1.807) is 12.4 Å². The zero-order chi connectivity index (χ0) is 18.1. The van der Waals surface area contributed by atoms with Gasteiger partial charge in [-0.15, -0.1) is 0 Å². The summed E-state index contributed by atoms with van der Waals surface area (Å²) in [5, 5.41) is 11.3. The van der Waals surface area contributed by atoms with Crippen LogP contribution in [0, 0.1) is 6.92 Å². The standard InChI is InChI=1S/C21H24N2O3/c1-15-9-10-22-13-19(15)21(25)11-17-7-8-18(12-21)23(17)20(24)26-14-16-5-3-2-4-6-16/h2-6,9-10,13,17-18,25H,7-8,11-12,14H2,1H3. The number of hydrogen-bond donors (Lipinski definition) is 1. The molecule has 0 aliphatic carbocycles. The number of ether oxygens (including phenoxy) is 1. The molecule has 4 rings (SSSR count). The van der Waals surface area contributed by atoms with Crippen molar-refractivity contribution in [1.29, 1.82) is 0 Å². The minimum absolute atomic E-state index is 0.0154. The van der Waals surface area contributed by atoms with Crippen molar-refractivity contribution in [3.05, 3.63) is 65.5 Å². The maximum atomic E-state index is 12.7. The van der Waals surface area contributed by atoms with E-state index >= 15 is 0 Å². The van der Waals surface area contributed by atoms with E-state index in [4.69, 9.17) is 4.74 Å². The van der Waals surface area contributed by atoms with Crippen LogP contribution in [0.5, 0.6) is 0 Å². The lowest BCUT2D eigenvalue weighted by Gasteiger charge is -2.43. The number of pyridine rings is 1. The number of aliphatic hydroxyl groups is 1. The van der Waals surface area contributed by atoms with Gasteiger partial charge in [-0.05, 0) is 37.0 Å². The number of rotatable bonds is 3. The third-order valence-electron chi connectivity index (χ3n) is 5.72. The Morgan fingerprint density at radius 1 is 1.23 bits per heavy atom. The van der Waals surface area contributed by atoms with Crippen molar-refractivity contribution in [2.45, 2.75) is 56.9 Å². The van der Waals surface area contributed by atoms with Crippen molar-refractivity contribution in [2.24, 2.45) is 0 Å². The van der Waals surface area contributed by atoms with Gasteiger partial charge in [-0.2, -0.15) is 0 Å². The second kappa shape index (κ2) is 6.72. The van der Waals surface area contributed by atoms with E-state index in [-0.39, 0.29) is 24.8 Å². The second-order valence-electron chi connectivity index (χ2n) is 7.46. The molecule has 1 aromatic carbocycles. The Balaban J connectivity index is 1.47. The first kappa shape index (κ1) is 17.0. The lowest BCUT2D eigenvalue weighted by atomic mass is 9.79. The molecule has 2 aliphatic rings. The predicted molar refractivity (Wildman–Crippen MR) is 97.4 cm³/mol. The number of aryl methyl sites for hydroxylation is 1. The fourth-order valence-corrected chi connectivity index (χ4v) is 4.49. The van der Waals surface area contributed by atoms with Crippen molar-refractivity contribution in [1.82, 2.24) is 9.88 Å². The van der Waals surface area contributed by atoms with Crippen LogP contribution in [0.15, 0.2) is 48.8 Å². The third kappa shape index (κ3) is 3.07. The Bertz CT molecular complexity index is 779. The van der Waals surface area contributed by atoms with Crippen molar-refractivity contribution in [3.8, 4) is 0 Å². The number of piperidine rings is 1. The quantitative estimate of drug-likeness (QED) is 0.918. The van der Waals surface area contributed by atoms with E-state index in [1.807, 2.05) is 48.2 Å². The molecule has 2 atom stereocenters. The molecule has 0 radical (unpaired) electrons. The normalized spacial score (nSPS) is 27.4. The monoisotopic (exact) mass is 352 g/mol. The summed E-state index contributed by atoms with van der Waals surface area (Å²) in [5.41, 5.74) is 1.99. The first-order chi connectivity index (χ1) is 12.6. The fraction of sp³-hybridized carbons (Fsp3) is 0.429. The van der Waals surface area contributed by atoms with Gasteiger partial charge in [-0.1, -0.05) is 30.3 Å². The molecule has 3 heterocycles. The van der Waals surface area contributed by atoms with Gasteiger partial charge >= 0.3 is 6.09 Å². The van der Waals surface area contributed by atoms with Gasteiger partial charge in [-0.3, -0.25) is 4.98 Å². The molecule has 1 aromatic heterocycles. The number of fused-ring (bicyclic) bond motifs is 2. The first-order valence-corrected chi connectivity index (χ1v) is 9.19. The number of nitrogens with zero attached hydrogens (tertiary/aromatic N) is 2. The van der Waals surface area contributed by atoms with Gasteiger partial charge in [0.05, 0.1) is 5.60 Å². The molecule has 2 saturated heterocycles. The van der Waals surface area contributed by atoms with Gasteiger partial charge in [0.25, 0.3) is 0 Å². The Labute approximate surface area is 153 Å². The van der Waals surface area contributed by atoms with Gasteiger partial charge in [0.1, 0.15) is 6.61 Å². The Morgan fingerprint density at radius 3 is 2.58 bits per heavy atom. The number of benzene rings is 1. The number of amides is 1. The molecule has 1 N–H and O–H groups in total. The average Bonchev–Trinajstić information content (AvgIpc) is 2.93. The van der Waals surface area contributed by atoms with E-state index < -0.39 is 5.60 Å². The zero-order valence-corrected chi connectivity index (χ0v) is 15.0. The molecule has 0 saturated carbocycles. The fourth-order valence-electron chi connectivity index (χ4n) is 4.49. The van der Waals surface area contributed by atoms with E-state index in [1.165, 1.54) is 0 Å². The van der Waals surface area contributed by atoms with Crippen LogP contribution in [0.3, 0.4) is 0 Å². The van der Waals surface area contributed by atoms with E-state index in [9.17, 15) is 9.90 Å². The van der Waals surface area contributed by atoms with Crippen molar-refractivity contribution in [3.63, 3.8) is 0 Å². The van der Waals surface area contributed by atoms with Gasteiger partial charge in [0.15, 0.2) is 0 Å². The highest BCUT2D eigenvalue weighted by Gasteiger charge is 2.51. The minimum atomic E-state index is -0.916. The molecular formula is C21H24N2O3. The van der Waals surface area contributed by atoms with Crippen LogP contribution in [0.25, 0.3) is 0 Å². The topological polar surface area (TPSA) is 62.7 Å². The number of carbonyl (C=O) groups excluding carboxylic acids is 1. The average molecular weight is 352 g/mol. The molecule has 136 valence electrons. The van der Waals surface area contributed by atoms with Crippen molar-refractivity contribution < 1.29 is 14.6 Å². The summed E-state index contributed by atoms with van der Waals surface area (Å²) in [4.78, 5) is 18.7. The van der Waals surface area contributed by atoms with Crippen LogP contribution in [0.1, 0.15) is 42.4 Å². The molecule has 5 nitrogen and oxygen atoms in total. The van der Waals surface area contributed by atoms with Crippen LogP contribution in [0.4, 0.5) is 4.79 Å². The third-order valence-corrected chi connectivity index (χ3v) is 5.72. The molecule has 2 bridgehead atoms. The number of carbonyl (C=O) groups is 1. The summed E-state index contributed by atoms with van der Waals surface area (Å²) in [6, 6.07) is 11.7. The van der Waals surface area contributed by atoms with Crippen LogP contribution in [-0.4, -0.2) is 33.2 Å². The predicted octanol–water partition coefficient (Wildman–Crippen LogP) is 3.54. The lowest BCUT2D eigenvalue weighted by molar-refractivity contribution is -0.0542. The second-order valence-corrected chi connectivity index (χ2v) is 7.46. The van der Waals surface area contributed by atoms with Crippen LogP contribution in [-0.2, 0) is 16.9 Å². The molecule has 2 aliphatic heterocycles. The number of aromatic nitrogens is 1. The van der Waals surface area contributed by atoms with Gasteiger partial charge in [-0.25, -0.2) is 4.79 Å². The molecule has 26 heavy (non-hydrogen) atoms. The first-order valence-electron chi connectivity index (χ1n) is 9.19. The van der Waals surface area contributed by atoms with Gasteiger partial charge in [0, 0.05) is 42.9 Å². The largest absolute Gasteiger partial charge is 0.445 e. The molecule has 2 fully saturated rings. The highest BCUT2D eigenvalue weighted by Crippen LogP contribution is 2.46. The summed E-state index contributed by atoms with van der Waals surface area (Å²) in [5.74, 6) is 0. The lowest BCUT2D eigenvalue weighted by Crippen LogP contribution is -2.52. The van der Waals surface area contributed by atoms with E-state index in [0.717, 1.165) is 29.5 Å². The van der Waals surface area contributed by atoms with Crippen molar-refractivity contribution >= 4 is 6.09 Å². The number of hydrogen-bond acceptors (Lipinski definition) is 4. The van der Waals surface area contributed by atoms with Crippen molar-refractivity contribution in [2.75, 3.05) is 0 Å². The maximum absolute atomic E-state index is 12.7. The summed E-state index contributed by atoms with van der Waals surface area (Å²) in [6.45, 7) is 2.28. The Kier molecular flexibility index (Phi) is 4.41. The molecular weight excluding hydrogens is 328 g/mol. The van der Waals surface area contributed by atoms with E-state index in [2.05, 4.69) is 4.98 Å². The smallest absolute Gasteiger partial charge is 0.410 e. The molecule has 2 aromatic rings.